The van der Waals surface area contributed by atoms with Gasteiger partial charge in [0.15, 0.2) is 0 Å². The van der Waals surface area contributed by atoms with Crippen LogP contribution in [0.4, 0.5) is 0 Å². The number of rotatable bonds is 3. The van der Waals surface area contributed by atoms with Crippen molar-refractivity contribution in [3.63, 3.8) is 0 Å². The summed E-state index contributed by atoms with van der Waals surface area (Å²) in [5.41, 5.74) is -0.482. The van der Waals surface area contributed by atoms with Gasteiger partial charge in [0.2, 0.25) is 0 Å². The Morgan fingerprint density at radius 2 is 2.00 bits per heavy atom. The highest BCUT2D eigenvalue weighted by atomic mass is 16.4. The van der Waals surface area contributed by atoms with Crippen LogP contribution in [0.5, 0.6) is 0 Å². The summed E-state index contributed by atoms with van der Waals surface area (Å²) >= 11 is 0. The van der Waals surface area contributed by atoms with Crippen LogP contribution in [0.15, 0.2) is 18.3 Å². The van der Waals surface area contributed by atoms with E-state index in [1.54, 1.807) is 12.1 Å². The van der Waals surface area contributed by atoms with E-state index in [-0.39, 0.29) is 17.7 Å². The van der Waals surface area contributed by atoms with Crippen LogP contribution in [0.3, 0.4) is 0 Å². The summed E-state index contributed by atoms with van der Waals surface area (Å²) in [4.78, 5) is 41.1. The third kappa shape index (κ3) is 1.71. The zero-order valence-corrected chi connectivity index (χ0v) is 10.8. The summed E-state index contributed by atoms with van der Waals surface area (Å²) in [6, 6.07) is 3.16. The van der Waals surface area contributed by atoms with Crippen LogP contribution in [0.1, 0.15) is 53.0 Å². The SMILES string of the molecule is O=C(O)CC1(N2C(=O)c3cccnc3C2=O)CCCC1. The lowest BCUT2D eigenvalue weighted by molar-refractivity contribution is -0.139. The van der Waals surface area contributed by atoms with Crippen molar-refractivity contribution < 1.29 is 19.5 Å². The normalized spacial score (nSPS) is 20.3. The quantitative estimate of drug-likeness (QED) is 0.843. The largest absolute Gasteiger partial charge is 0.481 e. The molecule has 0 aromatic carbocycles. The third-order valence-electron chi connectivity index (χ3n) is 4.14. The van der Waals surface area contributed by atoms with Gasteiger partial charge in [-0.1, -0.05) is 12.8 Å². The van der Waals surface area contributed by atoms with Crippen molar-refractivity contribution in [1.82, 2.24) is 9.88 Å². The van der Waals surface area contributed by atoms with Crippen molar-refractivity contribution in [3.8, 4) is 0 Å². The van der Waals surface area contributed by atoms with Gasteiger partial charge in [0.05, 0.1) is 17.5 Å². The van der Waals surface area contributed by atoms with Gasteiger partial charge in [-0.3, -0.25) is 24.3 Å². The van der Waals surface area contributed by atoms with Crippen molar-refractivity contribution in [2.75, 3.05) is 0 Å². The Bertz CT molecular complexity index is 570. The molecule has 0 atom stereocenters. The Labute approximate surface area is 115 Å². The standard InChI is InChI=1S/C14H14N2O4/c17-10(18)8-14(5-1-2-6-14)16-12(19)9-4-3-7-15-11(9)13(16)20/h3-4,7H,1-2,5-6,8H2,(H,17,18). The van der Waals surface area contributed by atoms with Gasteiger partial charge in [0.1, 0.15) is 5.69 Å². The number of aromatic nitrogens is 1. The van der Waals surface area contributed by atoms with Gasteiger partial charge in [-0.05, 0) is 25.0 Å². The molecule has 1 fully saturated rings. The molecule has 2 amide bonds. The first-order chi connectivity index (χ1) is 9.55. The van der Waals surface area contributed by atoms with Crippen LogP contribution in [-0.2, 0) is 4.79 Å². The van der Waals surface area contributed by atoms with Crippen LogP contribution in [-0.4, -0.2) is 38.3 Å². The van der Waals surface area contributed by atoms with Crippen LogP contribution in [0.2, 0.25) is 0 Å². The van der Waals surface area contributed by atoms with Crippen molar-refractivity contribution in [3.05, 3.63) is 29.6 Å². The molecular weight excluding hydrogens is 260 g/mol. The molecular formula is C14H14N2O4. The van der Waals surface area contributed by atoms with Crippen LogP contribution in [0, 0.1) is 0 Å². The summed E-state index contributed by atoms with van der Waals surface area (Å²) in [5, 5.41) is 9.12. The second kappa shape index (κ2) is 4.40. The van der Waals surface area contributed by atoms with E-state index in [9.17, 15) is 14.4 Å². The van der Waals surface area contributed by atoms with Crippen molar-refractivity contribution in [1.29, 1.82) is 0 Å². The Morgan fingerprint density at radius 3 is 2.60 bits per heavy atom. The van der Waals surface area contributed by atoms with E-state index < -0.39 is 23.3 Å². The number of fused-ring (bicyclic) bond motifs is 1. The summed E-state index contributed by atoms with van der Waals surface area (Å²) in [7, 11) is 0. The van der Waals surface area contributed by atoms with E-state index in [0.717, 1.165) is 17.7 Å². The molecule has 20 heavy (non-hydrogen) atoms. The summed E-state index contributed by atoms with van der Waals surface area (Å²) in [5.74, 6) is -1.87. The lowest BCUT2D eigenvalue weighted by Gasteiger charge is -2.35. The zero-order valence-electron chi connectivity index (χ0n) is 10.8. The molecule has 1 aliphatic heterocycles. The van der Waals surface area contributed by atoms with Gasteiger partial charge < -0.3 is 5.11 Å². The Morgan fingerprint density at radius 1 is 1.30 bits per heavy atom. The number of pyridine rings is 1. The number of carboxylic acids is 1. The Kier molecular flexibility index (Phi) is 2.81. The zero-order chi connectivity index (χ0) is 14.3. The average Bonchev–Trinajstić information content (AvgIpc) is 2.95. The maximum absolute atomic E-state index is 12.5. The van der Waals surface area contributed by atoms with Gasteiger partial charge in [0.25, 0.3) is 11.8 Å². The smallest absolute Gasteiger partial charge is 0.305 e. The molecule has 0 radical (unpaired) electrons. The lowest BCUT2D eigenvalue weighted by atomic mass is 9.91. The topological polar surface area (TPSA) is 87.6 Å². The monoisotopic (exact) mass is 274 g/mol. The second-order valence-corrected chi connectivity index (χ2v) is 5.35. The molecule has 1 aromatic rings. The van der Waals surface area contributed by atoms with Gasteiger partial charge in [-0.15, -0.1) is 0 Å². The average molecular weight is 274 g/mol. The minimum Gasteiger partial charge on any atom is -0.481 e. The first-order valence-electron chi connectivity index (χ1n) is 6.61. The predicted molar refractivity (Wildman–Crippen MR) is 68.2 cm³/mol. The molecule has 2 heterocycles. The van der Waals surface area contributed by atoms with Gasteiger partial charge in [-0.2, -0.15) is 0 Å². The fraction of sp³-hybridized carbons (Fsp3) is 0.429. The highest BCUT2D eigenvalue weighted by Crippen LogP contribution is 2.42. The van der Waals surface area contributed by atoms with Crippen molar-refractivity contribution in [2.45, 2.75) is 37.6 Å². The fourth-order valence-corrected chi connectivity index (χ4v) is 3.29. The van der Waals surface area contributed by atoms with Crippen LogP contribution in [0.25, 0.3) is 0 Å². The number of amides is 2. The van der Waals surface area contributed by atoms with E-state index in [1.165, 1.54) is 6.20 Å². The number of carboxylic acid groups (broad SMARTS) is 1. The maximum atomic E-state index is 12.5. The molecule has 0 unspecified atom stereocenters. The number of imide groups is 1. The number of carbonyl (C=O) groups is 3. The second-order valence-electron chi connectivity index (χ2n) is 5.35. The minimum absolute atomic E-state index is 0.133. The van der Waals surface area contributed by atoms with Crippen LogP contribution >= 0.6 is 0 Å². The van der Waals surface area contributed by atoms with E-state index in [4.69, 9.17) is 5.11 Å². The number of hydrogen-bond donors (Lipinski definition) is 1. The molecule has 1 aliphatic carbocycles. The van der Waals surface area contributed by atoms with E-state index >= 15 is 0 Å². The molecule has 104 valence electrons. The number of hydrogen-bond acceptors (Lipinski definition) is 4. The highest BCUT2D eigenvalue weighted by molar-refractivity contribution is 6.21. The molecule has 2 aliphatic rings. The lowest BCUT2D eigenvalue weighted by Crippen LogP contribution is -2.51. The van der Waals surface area contributed by atoms with Crippen LogP contribution < -0.4 is 0 Å². The van der Waals surface area contributed by atoms with Gasteiger partial charge in [-0.25, -0.2) is 0 Å². The van der Waals surface area contributed by atoms with Crippen molar-refractivity contribution >= 4 is 17.8 Å². The fourth-order valence-electron chi connectivity index (χ4n) is 3.29. The van der Waals surface area contributed by atoms with Gasteiger partial charge >= 0.3 is 5.97 Å². The number of carbonyl (C=O) groups excluding carboxylic acids is 2. The molecule has 0 bridgehead atoms. The molecule has 6 nitrogen and oxygen atoms in total. The molecule has 1 aromatic heterocycles. The third-order valence-corrected chi connectivity index (χ3v) is 4.14. The van der Waals surface area contributed by atoms with E-state index in [2.05, 4.69) is 4.98 Å². The Balaban J connectivity index is 2.04. The molecule has 3 rings (SSSR count). The predicted octanol–water partition coefficient (Wildman–Crippen LogP) is 1.47. The van der Waals surface area contributed by atoms with E-state index in [1.807, 2.05) is 0 Å². The number of aliphatic carboxylic acids is 1. The molecule has 1 saturated carbocycles. The van der Waals surface area contributed by atoms with Gasteiger partial charge in [0, 0.05) is 6.20 Å². The maximum Gasteiger partial charge on any atom is 0.305 e. The highest BCUT2D eigenvalue weighted by Gasteiger charge is 2.51. The summed E-state index contributed by atoms with van der Waals surface area (Å²) < 4.78 is 0. The minimum atomic E-state index is -0.989. The molecule has 0 saturated heterocycles. The van der Waals surface area contributed by atoms with E-state index in [0.29, 0.717) is 12.8 Å². The molecule has 6 heteroatoms. The summed E-state index contributed by atoms with van der Waals surface area (Å²) in [6.45, 7) is 0. The summed E-state index contributed by atoms with van der Waals surface area (Å²) in [6.07, 6.45) is 4.02. The van der Waals surface area contributed by atoms with Crippen molar-refractivity contribution in [2.24, 2.45) is 0 Å². The first kappa shape index (κ1) is 12.8. The molecule has 0 spiro atoms. The first-order valence-corrected chi connectivity index (χ1v) is 6.61. The Hall–Kier alpha value is -2.24. The number of nitrogens with zero attached hydrogens (tertiary/aromatic N) is 2. The molecule has 1 N–H and O–H groups in total.